The van der Waals surface area contributed by atoms with Crippen molar-refractivity contribution in [3.05, 3.63) is 60.9 Å². The Hall–Kier alpha value is -4.34. The summed E-state index contributed by atoms with van der Waals surface area (Å²) < 4.78 is 1.75. The van der Waals surface area contributed by atoms with Crippen molar-refractivity contribution in [1.82, 2.24) is 40.2 Å². The van der Waals surface area contributed by atoms with Crippen LogP contribution in [-0.2, 0) is 6.54 Å². The lowest BCUT2D eigenvalue weighted by molar-refractivity contribution is 0.0946. The van der Waals surface area contributed by atoms with Crippen LogP contribution in [0, 0.1) is 0 Å². The van der Waals surface area contributed by atoms with E-state index in [-0.39, 0.29) is 11.6 Å². The van der Waals surface area contributed by atoms with Crippen LogP contribution in [0.1, 0.15) is 10.5 Å². The molecule has 5 rings (SSSR count). The third kappa shape index (κ3) is 3.20. The molecule has 5 aromatic rings. The molecule has 0 saturated carbocycles. The molecular weight excluding hydrogens is 382 g/mol. The predicted molar refractivity (Wildman–Crippen MR) is 111 cm³/mol. The molecular formula is C20H17N9O. The SMILES string of the molecule is Nc1nc2cc(-c3cc[nH]n3)ccc2c2nn(CCNC(=O)c3cnccn3)cc12. The molecule has 0 unspecified atom stereocenters. The van der Waals surface area contributed by atoms with Gasteiger partial charge in [-0.1, -0.05) is 6.07 Å². The summed E-state index contributed by atoms with van der Waals surface area (Å²) in [5.74, 6) is 0.129. The highest BCUT2D eigenvalue weighted by Gasteiger charge is 2.13. The maximum Gasteiger partial charge on any atom is 0.271 e. The van der Waals surface area contributed by atoms with Gasteiger partial charge in [0.05, 0.1) is 29.3 Å². The summed E-state index contributed by atoms with van der Waals surface area (Å²) in [4.78, 5) is 24.5. The molecule has 0 bridgehead atoms. The molecule has 4 N–H and O–H groups in total. The summed E-state index contributed by atoms with van der Waals surface area (Å²) in [5.41, 5.74) is 9.76. The van der Waals surface area contributed by atoms with E-state index in [4.69, 9.17) is 5.73 Å². The maximum absolute atomic E-state index is 12.1. The van der Waals surface area contributed by atoms with Gasteiger partial charge in [0.2, 0.25) is 0 Å². The average molecular weight is 399 g/mol. The van der Waals surface area contributed by atoms with Crippen molar-refractivity contribution in [2.24, 2.45) is 0 Å². The van der Waals surface area contributed by atoms with Gasteiger partial charge in [-0.05, 0) is 18.2 Å². The standard InChI is InChI=1S/C20H17N9O/c21-19-14-11-29(8-7-24-20(30)17-10-22-5-6-23-17)28-18(14)13-2-1-12(9-16(13)26-19)15-3-4-25-27-15/h1-6,9-11H,7-8H2,(H2,21,26)(H,24,30)(H,25,27). The van der Waals surface area contributed by atoms with Gasteiger partial charge in [0, 0.05) is 42.3 Å². The zero-order valence-electron chi connectivity index (χ0n) is 15.8. The number of H-pyrrole nitrogens is 1. The molecule has 0 saturated heterocycles. The average Bonchev–Trinajstić information content (AvgIpc) is 3.45. The van der Waals surface area contributed by atoms with Crippen molar-refractivity contribution in [3.63, 3.8) is 0 Å². The quantitative estimate of drug-likeness (QED) is 0.409. The van der Waals surface area contributed by atoms with Crippen LogP contribution in [0.15, 0.2) is 55.2 Å². The van der Waals surface area contributed by atoms with Crippen LogP contribution in [0.4, 0.5) is 5.82 Å². The zero-order chi connectivity index (χ0) is 20.5. The number of hydrogen-bond acceptors (Lipinski definition) is 7. The fourth-order valence-electron chi connectivity index (χ4n) is 3.31. The number of nitrogen functional groups attached to an aromatic ring is 1. The molecule has 10 heteroatoms. The van der Waals surface area contributed by atoms with Crippen LogP contribution in [0.2, 0.25) is 0 Å². The number of aromatic nitrogens is 7. The van der Waals surface area contributed by atoms with Gasteiger partial charge >= 0.3 is 0 Å². The van der Waals surface area contributed by atoms with Crippen molar-refractivity contribution in [2.45, 2.75) is 6.54 Å². The minimum atomic E-state index is -0.280. The second-order valence-corrected chi connectivity index (χ2v) is 6.69. The number of fused-ring (bicyclic) bond motifs is 3. The van der Waals surface area contributed by atoms with Crippen molar-refractivity contribution < 1.29 is 4.79 Å². The summed E-state index contributed by atoms with van der Waals surface area (Å²) in [6, 6.07) is 7.80. The molecule has 4 aromatic heterocycles. The summed E-state index contributed by atoms with van der Waals surface area (Å²) in [5, 5.41) is 16.2. The van der Waals surface area contributed by atoms with Gasteiger partial charge in [-0.15, -0.1) is 0 Å². The van der Waals surface area contributed by atoms with Gasteiger partial charge in [0.25, 0.3) is 5.91 Å². The summed E-state index contributed by atoms with van der Waals surface area (Å²) in [6.45, 7) is 0.866. The van der Waals surface area contributed by atoms with Crippen LogP contribution >= 0.6 is 0 Å². The van der Waals surface area contributed by atoms with E-state index < -0.39 is 0 Å². The minimum absolute atomic E-state index is 0.273. The fraction of sp³-hybridized carbons (Fsp3) is 0.100. The monoisotopic (exact) mass is 399 g/mol. The molecule has 0 fully saturated rings. The first-order valence-corrected chi connectivity index (χ1v) is 9.30. The third-order valence-electron chi connectivity index (χ3n) is 4.75. The highest BCUT2D eigenvalue weighted by molar-refractivity contribution is 6.08. The zero-order valence-corrected chi connectivity index (χ0v) is 15.8. The summed E-state index contributed by atoms with van der Waals surface area (Å²) in [7, 11) is 0. The van der Waals surface area contributed by atoms with E-state index in [0.717, 1.165) is 33.1 Å². The molecule has 148 valence electrons. The highest BCUT2D eigenvalue weighted by atomic mass is 16.1. The van der Waals surface area contributed by atoms with Gasteiger partial charge < -0.3 is 11.1 Å². The first-order chi connectivity index (χ1) is 14.7. The number of carbonyl (C=O) groups excluding carboxylic acids is 1. The normalized spacial score (nSPS) is 11.2. The van der Waals surface area contributed by atoms with E-state index in [1.54, 1.807) is 10.9 Å². The number of anilines is 1. The Morgan fingerprint density at radius 2 is 2.13 bits per heavy atom. The lowest BCUT2D eigenvalue weighted by atomic mass is 10.1. The number of nitrogens with one attached hydrogen (secondary N) is 2. The summed E-state index contributed by atoms with van der Waals surface area (Å²) >= 11 is 0. The molecule has 0 atom stereocenters. The van der Waals surface area contributed by atoms with E-state index in [0.29, 0.717) is 18.9 Å². The summed E-state index contributed by atoms with van der Waals surface area (Å²) in [6.07, 6.45) is 8.04. The number of benzene rings is 1. The smallest absolute Gasteiger partial charge is 0.271 e. The lowest BCUT2D eigenvalue weighted by Crippen LogP contribution is -2.28. The van der Waals surface area contributed by atoms with Gasteiger partial charge in [-0.2, -0.15) is 10.2 Å². The van der Waals surface area contributed by atoms with E-state index in [9.17, 15) is 4.79 Å². The molecule has 0 aliphatic rings. The van der Waals surface area contributed by atoms with Crippen molar-refractivity contribution in [3.8, 4) is 11.3 Å². The highest BCUT2D eigenvalue weighted by Crippen LogP contribution is 2.29. The molecule has 0 aliphatic heterocycles. The molecule has 0 spiro atoms. The maximum atomic E-state index is 12.1. The molecule has 0 radical (unpaired) electrons. The molecule has 1 aromatic carbocycles. The molecule has 4 heterocycles. The largest absolute Gasteiger partial charge is 0.383 e. The van der Waals surface area contributed by atoms with Crippen molar-refractivity contribution in [2.75, 3.05) is 12.3 Å². The van der Waals surface area contributed by atoms with E-state index in [1.165, 1.54) is 18.6 Å². The van der Waals surface area contributed by atoms with E-state index in [2.05, 4.69) is 35.6 Å². The number of aromatic amines is 1. The second-order valence-electron chi connectivity index (χ2n) is 6.69. The topological polar surface area (TPSA) is 140 Å². The number of pyridine rings is 1. The van der Waals surface area contributed by atoms with Gasteiger partial charge in [-0.3, -0.25) is 19.6 Å². The van der Waals surface area contributed by atoms with Gasteiger partial charge in [-0.25, -0.2) is 9.97 Å². The molecule has 30 heavy (non-hydrogen) atoms. The Morgan fingerprint density at radius 1 is 1.20 bits per heavy atom. The number of nitrogens with zero attached hydrogens (tertiary/aromatic N) is 6. The molecule has 1 amide bonds. The lowest BCUT2D eigenvalue weighted by Gasteiger charge is -2.04. The molecule has 0 aliphatic carbocycles. The van der Waals surface area contributed by atoms with Crippen molar-refractivity contribution in [1.29, 1.82) is 0 Å². The Balaban J connectivity index is 1.40. The number of amides is 1. The number of carbonyl (C=O) groups is 1. The van der Waals surface area contributed by atoms with Crippen LogP contribution in [-0.4, -0.2) is 47.4 Å². The van der Waals surface area contributed by atoms with Gasteiger partial charge in [0.15, 0.2) is 0 Å². The van der Waals surface area contributed by atoms with Crippen molar-refractivity contribution >= 4 is 33.5 Å². The predicted octanol–water partition coefficient (Wildman–Crippen LogP) is 1.78. The number of hydrogen-bond donors (Lipinski definition) is 3. The van der Waals surface area contributed by atoms with Crippen LogP contribution in [0.5, 0.6) is 0 Å². The van der Waals surface area contributed by atoms with E-state index >= 15 is 0 Å². The van der Waals surface area contributed by atoms with Crippen LogP contribution < -0.4 is 11.1 Å². The Kier molecular flexibility index (Phi) is 4.28. The van der Waals surface area contributed by atoms with Crippen LogP contribution in [0.25, 0.3) is 33.1 Å². The van der Waals surface area contributed by atoms with Crippen LogP contribution in [0.3, 0.4) is 0 Å². The number of rotatable bonds is 5. The first-order valence-electron chi connectivity index (χ1n) is 9.30. The fourth-order valence-corrected chi connectivity index (χ4v) is 3.31. The van der Waals surface area contributed by atoms with E-state index in [1.807, 2.05) is 30.5 Å². The third-order valence-corrected chi connectivity index (χ3v) is 4.75. The van der Waals surface area contributed by atoms with Gasteiger partial charge in [0.1, 0.15) is 17.0 Å². The Labute approximate surface area is 170 Å². The first kappa shape index (κ1) is 17.7. The number of nitrogens with two attached hydrogens (primary N) is 1. The second kappa shape index (κ2) is 7.24. The Morgan fingerprint density at radius 3 is 2.93 bits per heavy atom. The Bertz CT molecular complexity index is 1340. The minimum Gasteiger partial charge on any atom is -0.383 e. The molecule has 10 nitrogen and oxygen atoms in total.